The van der Waals surface area contributed by atoms with E-state index in [0.717, 1.165) is 31.2 Å². The highest BCUT2D eigenvalue weighted by Crippen LogP contribution is 2.23. The van der Waals surface area contributed by atoms with Crippen molar-refractivity contribution in [3.8, 4) is 0 Å². The second kappa shape index (κ2) is 8.49. The van der Waals surface area contributed by atoms with E-state index in [0.29, 0.717) is 18.7 Å². The smallest absolute Gasteiger partial charge is 0.414 e. The van der Waals surface area contributed by atoms with Gasteiger partial charge >= 0.3 is 6.09 Å². The molecule has 144 valence electrons. The number of rotatable bonds is 6. The number of anilines is 1. The molecule has 0 atom stereocenters. The number of hydrogen-bond acceptors (Lipinski definition) is 5. The van der Waals surface area contributed by atoms with E-state index in [1.165, 1.54) is 12.1 Å². The lowest BCUT2D eigenvalue weighted by molar-refractivity contribution is 0.107. The van der Waals surface area contributed by atoms with Crippen molar-refractivity contribution in [3.05, 3.63) is 54.4 Å². The summed E-state index contributed by atoms with van der Waals surface area (Å²) in [6, 6.07) is 9.87. The minimum Gasteiger partial charge on any atom is -0.446 e. The van der Waals surface area contributed by atoms with Gasteiger partial charge in [-0.05, 0) is 61.9 Å². The Labute approximate surface area is 159 Å². The first kappa shape index (κ1) is 19.3. The zero-order valence-corrected chi connectivity index (χ0v) is 15.8. The largest absolute Gasteiger partial charge is 0.446 e. The Morgan fingerprint density at radius 1 is 1.11 bits per heavy atom. The molecule has 1 aromatic heterocycles. The minimum atomic E-state index is -3.71. The van der Waals surface area contributed by atoms with Gasteiger partial charge in [0.05, 0.1) is 10.6 Å². The van der Waals surface area contributed by atoms with Crippen molar-refractivity contribution in [2.75, 3.05) is 11.4 Å². The van der Waals surface area contributed by atoms with Crippen molar-refractivity contribution in [3.63, 3.8) is 0 Å². The number of aromatic nitrogens is 1. The zero-order valence-electron chi connectivity index (χ0n) is 15.0. The van der Waals surface area contributed by atoms with Crippen LogP contribution in [0.4, 0.5) is 10.5 Å². The van der Waals surface area contributed by atoms with E-state index in [4.69, 9.17) is 9.88 Å². The molecule has 0 bridgehead atoms. The van der Waals surface area contributed by atoms with Crippen LogP contribution in [-0.4, -0.2) is 32.1 Å². The van der Waals surface area contributed by atoms with Crippen LogP contribution in [0.1, 0.15) is 31.2 Å². The third-order valence-corrected chi connectivity index (χ3v) is 5.57. The highest BCUT2D eigenvalue weighted by Gasteiger charge is 2.24. The van der Waals surface area contributed by atoms with Crippen molar-refractivity contribution in [1.82, 2.24) is 4.98 Å². The predicted molar refractivity (Wildman–Crippen MR) is 102 cm³/mol. The van der Waals surface area contributed by atoms with Crippen LogP contribution in [0.25, 0.3) is 0 Å². The number of pyridine rings is 1. The van der Waals surface area contributed by atoms with Crippen molar-refractivity contribution in [1.29, 1.82) is 0 Å². The van der Waals surface area contributed by atoms with E-state index >= 15 is 0 Å². The van der Waals surface area contributed by atoms with Gasteiger partial charge in [-0.15, -0.1) is 0 Å². The lowest BCUT2D eigenvalue weighted by atomic mass is 10.1. The van der Waals surface area contributed by atoms with Crippen LogP contribution < -0.4 is 10.0 Å². The summed E-state index contributed by atoms with van der Waals surface area (Å²) >= 11 is 0. The number of hydrogen-bond donors (Lipinski definition) is 1. The first-order chi connectivity index (χ1) is 12.9. The fourth-order valence-electron chi connectivity index (χ4n) is 3.15. The molecule has 27 heavy (non-hydrogen) atoms. The molecule has 1 fully saturated rings. The molecule has 7 nitrogen and oxygen atoms in total. The van der Waals surface area contributed by atoms with Gasteiger partial charge in [-0.2, -0.15) is 0 Å². The summed E-state index contributed by atoms with van der Waals surface area (Å²) in [5.74, 6) is 0. The van der Waals surface area contributed by atoms with Crippen LogP contribution in [-0.2, 0) is 21.2 Å². The quantitative estimate of drug-likeness (QED) is 0.818. The Morgan fingerprint density at radius 3 is 2.33 bits per heavy atom. The predicted octanol–water partition coefficient (Wildman–Crippen LogP) is 2.86. The van der Waals surface area contributed by atoms with Crippen molar-refractivity contribution < 1.29 is 17.9 Å². The Morgan fingerprint density at radius 2 is 1.74 bits per heavy atom. The van der Waals surface area contributed by atoms with E-state index in [2.05, 4.69) is 4.98 Å². The third-order valence-electron chi connectivity index (χ3n) is 4.64. The van der Waals surface area contributed by atoms with Crippen molar-refractivity contribution >= 4 is 21.8 Å². The molecular formula is C19H23N3O4S. The van der Waals surface area contributed by atoms with E-state index < -0.39 is 10.0 Å². The molecule has 0 spiro atoms. The molecule has 1 aliphatic carbocycles. The molecular weight excluding hydrogens is 366 g/mol. The molecule has 0 aliphatic heterocycles. The van der Waals surface area contributed by atoms with E-state index in [-0.39, 0.29) is 17.1 Å². The van der Waals surface area contributed by atoms with Crippen LogP contribution in [0, 0.1) is 0 Å². The maximum Gasteiger partial charge on any atom is 0.414 e. The highest BCUT2D eigenvalue weighted by molar-refractivity contribution is 7.89. The Hall–Kier alpha value is -2.45. The zero-order chi connectivity index (χ0) is 19.3. The third kappa shape index (κ3) is 5.27. The molecule has 2 aromatic rings. The molecule has 1 amide bonds. The van der Waals surface area contributed by atoms with Gasteiger partial charge in [0.2, 0.25) is 10.0 Å². The van der Waals surface area contributed by atoms with E-state index in [9.17, 15) is 13.2 Å². The normalized spacial score (nSPS) is 14.9. The Bertz CT molecular complexity index is 864. The van der Waals surface area contributed by atoms with Crippen LogP contribution in [0.3, 0.4) is 0 Å². The van der Waals surface area contributed by atoms with Crippen LogP contribution in [0.15, 0.2) is 53.7 Å². The summed E-state index contributed by atoms with van der Waals surface area (Å²) in [5, 5.41) is 5.12. The average molecular weight is 389 g/mol. The molecule has 8 heteroatoms. The molecule has 0 unspecified atom stereocenters. The molecule has 1 aliphatic rings. The maximum absolute atomic E-state index is 12.7. The number of benzene rings is 1. The van der Waals surface area contributed by atoms with Crippen molar-refractivity contribution in [2.45, 2.75) is 43.1 Å². The molecule has 0 saturated heterocycles. The monoisotopic (exact) mass is 389 g/mol. The first-order valence-corrected chi connectivity index (χ1v) is 10.5. The number of carbonyl (C=O) groups is 1. The standard InChI is InChI=1S/C19H23N3O4S/c20-27(24,25)18-7-5-15(6-8-18)11-14-22(16-9-12-21-13-10-16)19(23)26-17-3-1-2-4-17/h5-10,12-13,17H,1-4,11,14H2,(H2,20,24,25). The van der Waals surface area contributed by atoms with Gasteiger partial charge in [0.1, 0.15) is 6.10 Å². The summed E-state index contributed by atoms with van der Waals surface area (Å²) in [7, 11) is -3.71. The van der Waals surface area contributed by atoms with Gasteiger partial charge in [0.25, 0.3) is 0 Å². The fraction of sp³-hybridized carbons (Fsp3) is 0.368. The second-order valence-corrected chi connectivity index (χ2v) is 8.15. The SMILES string of the molecule is NS(=O)(=O)c1ccc(CCN(C(=O)OC2CCCC2)c2ccncc2)cc1. The first-order valence-electron chi connectivity index (χ1n) is 8.93. The van der Waals surface area contributed by atoms with Gasteiger partial charge in [-0.25, -0.2) is 18.4 Å². The fourth-order valence-corrected chi connectivity index (χ4v) is 3.66. The Balaban J connectivity index is 1.70. The number of carbonyl (C=O) groups excluding carboxylic acids is 1. The molecule has 2 N–H and O–H groups in total. The van der Waals surface area contributed by atoms with E-state index in [1.807, 2.05) is 0 Å². The van der Waals surface area contributed by atoms with Crippen molar-refractivity contribution in [2.24, 2.45) is 5.14 Å². The summed E-state index contributed by atoms with van der Waals surface area (Å²) in [5.41, 5.74) is 1.62. The topological polar surface area (TPSA) is 103 Å². The Kier molecular flexibility index (Phi) is 6.08. The number of sulfonamides is 1. The summed E-state index contributed by atoms with van der Waals surface area (Å²) in [4.78, 5) is 18.3. The summed E-state index contributed by atoms with van der Waals surface area (Å²) in [6.45, 7) is 0.407. The number of ether oxygens (including phenoxy) is 1. The number of primary sulfonamides is 1. The van der Waals surface area contributed by atoms with Crippen LogP contribution in [0.5, 0.6) is 0 Å². The lowest BCUT2D eigenvalue weighted by Crippen LogP contribution is -2.35. The van der Waals surface area contributed by atoms with Gasteiger partial charge in [0, 0.05) is 18.9 Å². The van der Waals surface area contributed by atoms with Crippen LogP contribution >= 0.6 is 0 Å². The number of nitrogens with zero attached hydrogens (tertiary/aromatic N) is 2. The number of amides is 1. The maximum atomic E-state index is 12.7. The van der Waals surface area contributed by atoms with Crippen LogP contribution in [0.2, 0.25) is 0 Å². The average Bonchev–Trinajstić information content (AvgIpc) is 3.15. The number of nitrogens with two attached hydrogens (primary N) is 1. The minimum absolute atomic E-state index is 0.0177. The van der Waals surface area contributed by atoms with Gasteiger partial charge in [0.15, 0.2) is 0 Å². The second-order valence-electron chi connectivity index (χ2n) is 6.59. The van der Waals surface area contributed by atoms with Gasteiger partial charge in [-0.1, -0.05) is 12.1 Å². The summed E-state index contributed by atoms with van der Waals surface area (Å²) in [6.07, 6.45) is 7.42. The van der Waals surface area contributed by atoms with E-state index in [1.54, 1.807) is 41.6 Å². The molecule has 1 aromatic carbocycles. The molecule has 3 rings (SSSR count). The molecule has 1 saturated carbocycles. The van der Waals surface area contributed by atoms with Gasteiger partial charge in [-0.3, -0.25) is 9.88 Å². The molecule has 1 heterocycles. The molecule has 0 radical (unpaired) electrons. The summed E-state index contributed by atoms with van der Waals surface area (Å²) < 4.78 is 28.4. The highest BCUT2D eigenvalue weighted by atomic mass is 32.2. The lowest BCUT2D eigenvalue weighted by Gasteiger charge is -2.24. The van der Waals surface area contributed by atoms with Gasteiger partial charge < -0.3 is 4.74 Å².